The molecule has 0 aliphatic rings. The van der Waals surface area contributed by atoms with Gasteiger partial charge in [-0.15, -0.1) is 0 Å². The lowest BCUT2D eigenvalue weighted by molar-refractivity contribution is 0.0736. The van der Waals surface area contributed by atoms with Crippen molar-refractivity contribution in [3.8, 4) is 11.5 Å². The molecule has 0 spiro atoms. The zero-order valence-corrected chi connectivity index (χ0v) is 19.5. The highest BCUT2D eigenvalue weighted by atomic mass is 16.5. The molecule has 1 amide bonds. The molecule has 1 N–H and O–H groups in total. The number of fused-ring (bicyclic) bond motifs is 2. The Hall–Kier alpha value is -4.97. The van der Waals surface area contributed by atoms with E-state index in [0.717, 1.165) is 21.5 Å². The predicted octanol–water partition coefficient (Wildman–Crippen LogP) is 5.98. The van der Waals surface area contributed by atoms with Gasteiger partial charge in [0.25, 0.3) is 5.91 Å². The van der Waals surface area contributed by atoms with Gasteiger partial charge in [0.05, 0.1) is 18.9 Å². The zero-order valence-electron chi connectivity index (χ0n) is 19.5. The maximum Gasteiger partial charge on any atom is 0.344 e. The fourth-order valence-electron chi connectivity index (χ4n) is 4.02. The molecule has 0 aromatic heterocycles. The average molecular weight is 475 g/mol. The van der Waals surface area contributed by atoms with E-state index in [2.05, 4.69) is 10.5 Å². The molecular weight excluding hydrogens is 452 g/mol. The summed E-state index contributed by atoms with van der Waals surface area (Å²) in [6, 6.07) is 31.2. The van der Waals surface area contributed by atoms with Gasteiger partial charge in [0, 0.05) is 11.1 Å². The Bertz CT molecular complexity index is 1600. The third-order valence-electron chi connectivity index (χ3n) is 5.85. The van der Waals surface area contributed by atoms with Crippen LogP contribution in [0.5, 0.6) is 11.5 Å². The lowest BCUT2D eigenvalue weighted by atomic mass is 10.0. The molecule has 6 heteroatoms. The van der Waals surface area contributed by atoms with Crippen LogP contribution in [0.4, 0.5) is 0 Å². The van der Waals surface area contributed by atoms with Crippen molar-refractivity contribution < 1.29 is 19.1 Å². The van der Waals surface area contributed by atoms with E-state index >= 15 is 0 Å². The van der Waals surface area contributed by atoms with Crippen LogP contribution in [-0.2, 0) is 0 Å². The molecule has 0 heterocycles. The Morgan fingerprint density at radius 1 is 0.750 bits per heavy atom. The smallest absolute Gasteiger partial charge is 0.344 e. The number of hydrogen-bond acceptors (Lipinski definition) is 5. The van der Waals surface area contributed by atoms with Crippen molar-refractivity contribution in [2.45, 2.75) is 0 Å². The molecule has 36 heavy (non-hydrogen) atoms. The number of ether oxygens (including phenoxy) is 2. The minimum atomic E-state index is -0.473. The number of hydrogen-bond donors (Lipinski definition) is 1. The summed E-state index contributed by atoms with van der Waals surface area (Å²) in [7, 11) is 1.56. The number of rotatable bonds is 6. The molecule has 5 aromatic carbocycles. The summed E-state index contributed by atoms with van der Waals surface area (Å²) >= 11 is 0. The molecule has 0 fully saturated rings. The molecule has 5 aromatic rings. The lowest BCUT2D eigenvalue weighted by Crippen LogP contribution is -2.17. The third-order valence-corrected chi connectivity index (χ3v) is 5.85. The summed E-state index contributed by atoms with van der Waals surface area (Å²) in [6.45, 7) is 0. The van der Waals surface area contributed by atoms with Crippen molar-refractivity contribution in [2.24, 2.45) is 5.10 Å². The Kier molecular flexibility index (Phi) is 6.40. The molecule has 0 saturated carbocycles. The van der Waals surface area contributed by atoms with Gasteiger partial charge in [-0.25, -0.2) is 10.2 Å². The number of methoxy groups -OCH3 is 1. The maximum atomic E-state index is 13.2. The SMILES string of the molecule is COc1ccc(C(=O)N/N=C\c2c(OC(=O)c3cccc4ccccc34)ccc3ccccc23)cc1. The van der Waals surface area contributed by atoms with Gasteiger partial charge in [0.2, 0.25) is 0 Å². The van der Waals surface area contributed by atoms with Crippen molar-refractivity contribution in [3.05, 3.63) is 120 Å². The van der Waals surface area contributed by atoms with Crippen LogP contribution in [0.2, 0.25) is 0 Å². The van der Waals surface area contributed by atoms with Gasteiger partial charge >= 0.3 is 5.97 Å². The number of carbonyl (C=O) groups is 2. The van der Waals surface area contributed by atoms with E-state index in [9.17, 15) is 9.59 Å². The summed E-state index contributed by atoms with van der Waals surface area (Å²) in [5, 5.41) is 7.70. The highest BCUT2D eigenvalue weighted by Crippen LogP contribution is 2.28. The van der Waals surface area contributed by atoms with Crippen LogP contribution in [0.3, 0.4) is 0 Å². The van der Waals surface area contributed by atoms with Crippen molar-refractivity contribution >= 4 is 39.6 Å². The summed E-state index contributed by atoms with van der Waals surface area (Å²) in [6.07, 6.45) is 1.50. The second kappa shape index (κ2) is 10.1. The Balaban J connectivity index is 1.45. The van der Waals surface area contributed by atoms with Crippen LogP contribution in [0.15, 0.2) is 108 Å². The standard InChI is InChI=1S/C30H22N2O4/c1-35-23-16-13-22(14-17-23)29(33)32-31-19-27-25-11-5-3-8-21(25)15-18-28(27)36-30(34)26-12-6-9-20-7-2-4-10-24(20)26/h2-19H,1H3,(H,32,33)/b31-19-. The molecule has 0 saturated heterocycles. The van der Waals surface area contributed by atoms with Crippen LogP contribution in [0.25, 0.3) is 21.5 Å². The number of hydrazone groups is 1. The van der Waals surface area contributed by atoms with Crippen LogP contribution >= 0.6 is 0 Å². The molecule has 6 nitrogen and oxygen atoms in total. The van der Waals surface area contributed by atoms with Gasteiger partial charge in [-0.05, 0) is 57.9 Å². The molecule has 176 valence electrons. The highest BCUT2D eigenvalue weighted by molar-refractivity contribution is 6.07. The fraction of sp³-hybridized carbons (Fsp3) is 0.0333. The normalized spacial score (nSPS) is 11.0. The molecular formula is C30H22N2O4. The number of benzene rings is 5. The summed E-state index contributed by atoms with van der Waals surface area (Å²) in [5.74, 6) is 0.153. The van der Waals surface area contributed by atoms with Gasteiger partial charge in [0.1, 0.15) is 11.5 Å². The van der Waals surface area contributed by atoms with Crippen molar-refractivity contribution in [3.63, 3.8) is 0 Å². The second-order valence-corrected chi connectivity index (χ2v) is 8.04. The number of nitrogens with one attached hydrogen (secondary N) is 1. The Morgan fingerprint density at radius 2 is 1.42 bits per heavy atom. The number of amides is 1. The Morgan fingerprint density at radius 3 is 2.17 bits per heavy atom. The zero-order chi connectivity index (χ0) is 24.9. The molecule has 0 aliphatic carbocycles. The number of carbonyl (C=O) groups excluding carboxylic acids is 2. The van der Waals surface area contributed by atoms with Gasteiger partial charge in [-0.1, -0.05) is 66.7 Å². The fourth-order valence-corrected chi connectivity index (χ4v) is 4.02. The van der Waals surface area contributed by atoms with Crippen molar-refractivity contribution in [2.75, 3.05) is 7.11 Å². The second-order valence-electron chi connectivity index (χ2n) is 8.04. The number of nitrogens with zero attached hydrogens (tertiary/aromatic N) is 1. The highest BCUT2D eigenvalue weighted by Gasteiger charge is 2.16. The molecule has 0 atom stereocenters. The first kappa shape index (κ1) is 22.8. The third kappa shape index (κ3) is 4.65. The average Bonchev–Trinajstić information content (AvgIpc) is 2.93. The molecule has 0 radical (unpaired) electrons. The topological polar surface area (TPSA) is 77.0 Å². The van der Waals surface area contributed by atoms with E-state index < -0.39 is 5.97 Å². The first-order valence-corrected chi connectivity index (χ1v) is 11.3. The van der Waals surface area contributed by atoms with Gasteiger partial charge in [-0.2, -0.15) is 5.10 Å². The van der Waals surface area contributed by atoms with Crippen LogP contribution in [-0.4, -0.2) is 25.2 Å². The van der Waals surface area contributed by atoms with Crippen molar-refractivity contribution in [1.82, 2.24) is 5.43 Å². The van der Waals surface area contributed by atoms with E-state index in [1.54, 1.807) is 43.5 Å². The first-order valence-electron chi connectivity index (χ1n) is 11.3. The predicted molar refractivity (Wildman–Crippen MR) is 141 cm³/mol. The number of esters is 1. The van der Waals surface area contributed by atoms with Crippen molar-refractivity contribution in [1.29, 1.82) is 0 Å². The monoisotopic (exact) mass is 474 g/mol. The minimum absolute atomic E-state index is 0.342. The van der Waals surface area contributed by atoms with Gasteiger partial charge in [-0.3, -0.25) is 4.79 Å². The summed E-state index contributed by atoms with van der Waals surface area (Å²) in [5.41, 5.74) is 4.02. The van der Waals surface area contributed by atoms with E-state index in [0.29, 0.717) is 28.2 Å². The Labute approximate surface area is 207 Å². The van der Waals surface area contributed by atoms with E-state index in [-0.39, 0.29) is 5.91 Å². The minimum Gasteiger partial charge on any atom is -0.497 e. The van der Waals surface area contributed by atoms with Gasteiger partial charge < -0.3 is 9.47 Å². The van der Waals surface area contributed by atoms with Gasteiger partial charge in [0.15, 0.2) is 0 Å². The largest absolute Gasteiger partial charge is 0.497 e. The molecule has 0 unspecified atom stereocenters. The van der Waals surface area contributed by atoms with E-state index in [1.165, 1.54) is 6.21 Å². The quantitative estimate of drug-likeness (QED) is 0.142. The maximum absolute atomic E-state index is 13.2. The lowest BCUT2D eigenvalue weighted by Gasteiger charge is -2.12. The molecule has 0 bridgehead atoms. The molecule has 0 aliphatic heterocycles. The first-order chi connectivity index (χ1) is 17.6. The molecule has 5 rings (SSSR count). The summed E-state index contributed by atoms with van der Waals surface area (Å²) in [4.78, 5) is 25.7. The summed E-state index contributed by atoms with van der Waals surface area (Å²) < 4.78 is 11.0. The van der Waals surface area contributed by atoms with Crippen LogP contribution in [0.1, 0.15) is 26.3 Å². The van der Waals surface area contributed by atoms with E-state index in [1.807, 2.05) is 66.7 Å². The van der Waals surface area contributed by atoms with Crippen LogP contribution in [0, 0.1) is 0 Å². The van der Waals surface area contributed by atoms with E-state index in [4.69, 9.17) is 9.47 Å². The van der Waals surface area contributed by atoms with Crippen LogP contribution < -0.4 is 14.9 Å².